The van der Waals surface area contributed by atoms with Gasteiger partial charge >= 0.3 is 0 Å². The van der Waals surface area contributed by atoms with Crippen molar-refractivity contribution in [2.75, 3.05) is 17.8 Å². The SMILES string of the molecule is CCCCOc1ccc2ccccc2c1[C@H]1Oc2nc(SC)nnc2-c2ccccc2N1C(C)=O. The maximum absolute atomic E-state index is 13.2. The molecule has 8 heteroatoms. The van der Waals surface area contributed by atoms with Gasteiger partial charge in [0.2, 0.25) is 23.2 Å². The molecular weight excluding hydrogens is 460 g/mol. The Kier molecular flexibility index (Phi) is 6.55. The molecule has 178 valence electrons. The van der Waals surface area contributed by atoms with Gasteiger partial charge in [-0.15, -0.1) is 10.2 Å². The molecule has 3 aromatic carbocycles. The summed E-state index contributed by atoms with van der Waals surface area (Å²) >= 11 is 1.38. The summed E-state index contributed by atoms with van der Waals surface area (Å²) in [5.74, 6) is 0.847. The van der Waals surface area contributed by atoms with E-state index in [4.69, 9.17) is 9.47 Å². The van der Waals surface area contributed by atoms with Gasteiger partial charge in [-0.25, -0.2) is 0 Å². The Morgan fingerprint density at radius 2 is 1.89 bits per heavy atom. The summed E-state index contributed by atoms with van der Waals surface area (Å²) in [6, 6.07) is 19.6. The molecule has 7 nitrogen and oxygen atoms in total. The fourth-order valence-corrected chi connectivity index (χ4v) is 4.61. The van der Waals surface area contributed by atoms with E-state index in [1.165, 1.54) is 18.7 Å². The molecule has 1 aliphatic heterocycles. The van der Waals surface area contributed by atoms with Gasteiger partial charge in [0, 0.05) is 12.5 Å². The molecule has 0 bridgehead atoms. The summed E-state index contributed by atoms with van der Waals surface area (Å²) in [5, 5.41) is 11.1. The first kappa shape index (κ1) is 23.1. The molecular formula is C27H26N4O3S. The molecule has 1 amide bonds. The molecule has 0 fully saturated rings. The third-order valence-electron chi connectivity index (χ3n) is 5.97. The van der Waals surface area contributed by atoms with Crippen LogP contribution in [-0.2, 0) is 4.79 Å². The van der Waals surface area contributed by atoms with Crippen molar-refractivity contribution in [3.05, 3.63) is 66.2 Å². The predicted molar refractivity (Wildman–Crippen MR) is 138 cm³/mol. The minimum absolute atomic E-state index is 0.166. The molecule has 1 aliphatic rings. The number of fused-ring (bicyclic) bond motifs is 4. The zero-order valence-electron chi connectivity index (χ0n) is 19.9. The summed E-state index contributed by atoms with van der Waals surface area (Å²) in [4.78, 5) is 19.5. The molecule has 4 aromatic rings. The lowest BCUT2D eigenvalue weighted by Crippen LogP contribution is -2.36. The number of aromatic nitrogens is 3. The van der Waals surface area contributed by atoms with Gasteiger partial charge in [-0.05, 0) is 35.6 Å². The highest BCUT2D eigenvalue weighted by atomic mass is 32.2. The lowest BCUT2D eigenvalue weighted by atomic mass is 10.0. The number of thioether (sulfide) groups is 1. The number of nitrogens with zero attached hydrogens (tertiary/aromatic N) is 4. The van der Waals surface area contributed by atoms with E-state index in [1.807, 2.05) is 66.9 Å². The van der Waals surface area contributed by atoms with Gasteiger partial charge in [0.05, 0.1) is 17.9 Å². The number of hydrogen-bond donors (Lipinski definition) is 0. The number of anilines is 1. The van der Waals surface area contributed by atoms with Crippen LogP contribution in [0.5, 0.6) is 11.6 Å². The van der Waals surface area contributed by atoms with Crippen molar-refractivity contribution >= 4 is 34.1 Å². The highest BCUT2D eigenvalue weighted by Crippen LogP contribution is 2.46. The normalized spacial score (nSPS) is 14.6. The number of unbranched alkanes of at least 4 members (excludes halogenated alkanes) is 1. The van der Waals surface area contributed by atoms with Crippen molar-refractivity contribution < 1.29 is 14.3 Å². The molecule has 5 rings (SSSR count). The first-order valence-electron chi connectivity index (χ1n) is 11.6. The zero-order chi connectivity index (χ0) is 24.4. The first-order valence-corrected chi connectivity index (χ1v) is 12.8. The quantitative estimate of drug-likeness (QED) is 0.243. The minimum Gasteiger partial charge on any atom is -0.493 e. The Bertz CT molecular complexity index is 1390. The molecule has 0 radical (unpaired) electrons. The van der Waals surface area contributed by atoms with Crippen LogP contribution in [0.1, 0.15) is 38.5 Å². The third kappa shape index (κ3) is 4.30. The monoisotopic (exact) mass is 486 g/mol. The molecule has 0 saturated heterocycles. The van der Waals surface area contributed by atoms with Crippen LogP contribution in [0, 0.1) is 0 Å². The van der Waals surface area contributed by atoms with E-state index in [2.05, 4.69) is 22.1 Å². The van der Waals surface area contributed by atoms with E-state index in [1.54, 1.807) is 4.90 Å². The van der Waals surface area contributed by atoms with Crippen LogP contribution >= 0.6 is 11.8 Å². The van der Waals surface area contributed by atoms with Crippen LogP contribution in [-0.4, -0.2) is 34.0 Å². The molecule has 1 aromatic heterocycles. The van der Waals surface area contributed by atoms with E-state index >= 15 is 0 Å². The molecule has 1 atom stereocenters. The van der Waals surface area contributed by atoms with Gasteiger partial charge in [-0.3, -0.25) is 9.69 Å². The van der Waals surface area contributed by atoms with Gasteiger partial charge in [0.25, 0.3) is 0 Å². The highest BCUT2D eigenvalue weighted by Gasteiger charge is 2.37. The molecule has 0 spiro atoms. The van der Waals surface area contributed by atoms with Crippen LogP contribution < -0.4 is 14.4 Å². The van der Waals surface area contributed by atoms with Gasteiger partial charge in [-0.1, -0.05) is 73.6 Å². The molecule has 0 unspecified atom stereocenters. The Hall–Kier alpha value is -3.65. The van der Waals surface area contributed by atoms with Crippen molar-refractivity contribution in [2.45, 2.75) is 38.1 Å². The zero-order valence-corrected chi connectivity index (χ0v) is 20.7. The summed E-state index contributed by atoms with van der Waals surface area (Å²) in [6.07, 6.45) is 3.01. The van der Waals surface area contributed by atoms with Crippen LogP contribution in [0.25, 0.3) is 22.0 Å². The molecule has 0 saturated carbocycles. The Labute approximate surface area is 208 Å². The number of hydrogen-bond acceptors (Lipinski definition) is 7. The number of para-hydroxylation sites is 1. The van der Waals surface area contributed by atoms with Gasteiger partial charge in [0.1, 0.15) is 5.75 Å². The number of benzene rings is 3. The number of rotatable bonds is 6. The second-order valence-electron chi connectivity index (χ2n) is 8.23. The van der Waals surface area contributed by atoms with Crippen molar-refractivity contribution in [2.24, 2.45) is 0 Å². The average molecular weight is 487 g/mol. The van der Waals surface area contributed by atoms with Gasteiger partial charge < -0.3 is 9.47 Å². The minimum atomic E-state index is -0.816. The van der Waals surface area contributed by atoms with E-state index in [0.29, 0.717) is 34.8 Å². The number of amides is 1. The Balaban J connectivity index is 1.79. The summed E-state index contributed by atoms with van der Waals surface area (Å²) < 4.78 is 12.9. The van der Waals surface area contributed by atoms with Crippen LogP contribution in [0.4, 0.5) is 5.69 Å². The summed E-state index contributed by atoms with van der Waals surface area (Å²) in [5.41, 5.74) is 2.70. The lowest BCUT2D eigenvalue weighted by molar-refractivity contribution is -0.118. The average Bonchev–Trinajstić information content (AvgIpc) is 3.02. The summed E-state index contributed by atoms with van der Waals surface area (Å²) in [6.45, 7) is 4.24. The molecule has 0 N–H and O–H groups in total. The smallest absolute Gasteiger partial charge is 0.247 e. The number of ether oxygens (including phenoxy) is 2. The van der Waals surface area contributed by atoms with Crippen molar-refractivity contribution in [1.29, 1.82) is 0 Å². The second-order valence-corrected chi connectivity index (χ2v) is 9.00. The second kappa shape index (κ2) is 9.92. The fraction of sp³-hybridized carbons (Fsp3) is 0.259. The van der Waals surface area contributed by atoms with Crippen LogP contribution in [0.2, 0.25) is 0 Å². The highest BCUT2D eigenvalue weighted by molar-refractivity contribution is 7.98. The maximum atomic E-state index is 13.2. The standard InChI is InChI=1S/C27H26N4O3S/c1-4-5-16-33-22-15-14-18-10-6-7-11-19(18)23(22)26-31(17(2)32)21-13-9-8-12-20(21)24-25(34-26)28-27(35-3)30-29-24/h6-15,26H,4-5,16H2,1-3H3/t26-/m1/s1. The number of carbonyl (C=O) groups excluding carboxylic acids is 1. The van der Waals surface area contributed by atoms with Crippen molar-refractivity contribution in [3.63, 3.8) is 0 Å². The molecule has 0 aliphatic carbocycles. The number of carbonyl (C=O) groups is 1. The fourth-order valence-electron chi connectivity index (χ4n) is 4.31. The topological polar surface area (TPSA) is 77.4 Å². The third-order valence-corrected chi connectivity index (χ3v) is 6.50. The van der Waals surface area contributed by atoms with Gasteiger partial charge in [0.15, 0.2) is 5.69 Å². The van der Waals surface area contributed by atoms with E-state index in [-0.39, 0.29) is 5.91 Å². The maximum Gasteiger partial charge on any atom is 0.247 e. The molecule has 35 heavy (non-hydrogen) atoms. The first-order chi connectivity index (χ1) is 17.1. The Morgan fingerprint density at radius 3 is 2.69 bits per heavy atom. The van der Waals surface area contributed by atoms with E-state index in [0.717, 1.165) is 34.7 Å². The largest absolute Gasteiger partial charge is 0.493 e. The van der Waals surface area contributed by atoms with Crippen molar-refractivity contribution in [1.82, 2.24) is 15.2 Å². The van der Waals surface area contributed by atoms with Crippen molar-refractivity contribution in [3.8, 4) is 22.9 Å². The van der Waals surface area contributed by atoms with Crippen LogP contribution in [0.3, 0.4) is 0 Å². The van der Waals surface area contributed by atoms with E-state index in [9.17, 15) is 4.79 Å². The van der Waals surface area contributed by atoms with E-state index < -0.39 is 6.23 Å². The summed E-state index contributed by atoms with van der Waals surface area (Å²) in [7, 11) is 0. The van der Waals surface area contributed by atoms with Gasteiger partial charge in [-0.2, -0.15) is 4.98 Å². The lowest BCUT2D eigenvalue weighted by Gasteiger charge is -2.31. The Morgan fingerprint density at radius 1 is 1.09 bits per heavy atom. The predicted octanol–water partition coefficient (Wildman–Crippen LogP) is 6.04. The molecule has 2 heterocycles. The van der Waals surface area contributed by atoms with Crippen LogP contribution in [0.15, 0.2) is 65.8 Å².